The predicted molar refractivity (Wildman–Crippen MR) is 84.1 cm³/mol. The maximum absolute atomic E-state index is 12.4. The molecule has 0 spiro atoms. The van der Waals surface area contributed by atoms with Gasteiger partial charge in [-0.3, -0.25) is 4.79 Å². The molecule has 0 radical (unpaired) electrons. The van der Waals surface area contributed by atoms with Crippen LogP contribution in [0.15, 0.2) is 0 Å². The summed E-state index contributed by atoms with van der Waals surface area (Å²) in [5.74, 6) is 1.81. The topological polar surface area (TPSA) is 41.1 Å². The molecule has 0 bridgehead atoms. The highest BCUT2D eigenvalue weighted by Gasteiger charge is 2.38. The lowest BCUT2D eigenvalue weighted by Crippen LogP contribution is -2.47. The van der Waals surface area contributed by atoms with Crippen molar-refractivity contribution >= 4 is 18.3 Å². The quantitative estimate of drug-likeness (QED) is 0.823. The van der Waals surface area contributed by atoms with Gasteiger partial charge in [-0.15, -0.1) is 12.4 Å². The molecule has 5 unspecified atom stereocenters. The second-order valence-electron chi connectivity index (χ2n) is 7.08. The minimum absolute atomic E-state index is 0. The zero-order valence-corrected chi connectivity index (χ0v) is 13.4. The van der Waals surface area contributed by atoms with E-state index in [0.717, 1.165) is 18.3 Å². The molecule has 4 heteroatoms. The number of fused-ring (bicyclic) bond motifs is 1. The standard InChI is InChI=1S/C16H28N2O.ClH/c1-11-5-4-7-13(9-11)17-16(19)15-10-12-6-2-3-8-14(12)18-15;/h11-15,18H,2-10H2,1H3,(H,17,19);1H. The van der Waals surface area contributed by atoms with Crippen molar-refractivity contribution < 1.29 is 4.79 Å². The number of halogens is 1. The van der Waals surface area contributed by atoms with E-state index in [1.165, 1.54) is 51.4 Å². The van der Waals surface area contributed by atoms with Gasteiger partial charge in [-0.2, -0.15) is 0 Å². The highest BCUT2D eigenvalue weighted by Crippen LogP contribution is 2.33. The van der Waals surface area contributed by atoms with Crippen LogP contribution in [0, 0.1) is 11.8 Å². The Morgan fingerprint density at radius 1 is 1.05 bits per heavy atom. The van der Waals surface area contributed by atoms with E-state index in [4.69, 9.17) is 0 Å². The molecule has 2 aliphatic carbocycles. The second kappa shape index (κ2) is 7.13. The molecule has 5 atom stereocenters. The van der Waals surface area contributed by atoms with Gasteiger partial charge in [0.2, 0.25) is 5.91 Å². The molecule has 2 N–H and O–H groups in total. The highest BCUT2D eigenvalue weighted by molar-refractivity contribution is 5.85. The molecular weight excluding hydrogens is 272 g/mol. The SMILES string of the molecule is CC1CCCC(NC(=O)C2CC3CCCCC3N2)C1.Cl. The summed E-state index contributed by atoms with van der Waals surface area (Å²) >= 11 is 0. The fourth-order valence-corrected chi connectivity index (χ4v) is 4.39. The molecule has 3 nitrogen and oxygen atoms in total. The van der Waals surface area contributed by atoms with Gasteiger partial charge in [-0.1, -0.05) is 32.6 Å². The van der Waals surface area contributed by atoms with E-state index in [1.54, 1.807) is 0 Å². The van der Waals surface area contributed by atoms with Crippen molar-refractivity contribution in [3.8, 4) is 0 Å². The monoisotopic (exact) mass is 300 g/mol. The van der Waals surface area contributed by atoms with Crippen molar-refractivity contribution in [2.24, 2.45) is 11.8 Å². The lowest BCUT2D eigenvalue weighted by molar-refractivity contribution is -0.123. The molecule has 1 heterocycles. The first-order valence-electron chi connectivity index (χ1n) is 8.29. The number of carbonyl (C=O) groups excluding carboxylic acids is 1. The number of hydrogen-bond donors (Lipinski definition) is 2. The molecule has 3 fully saturated rings. The van der Waals surface area contributed by atoms with Crippen molar-refractivity contribution in [3.05, 3.63) is 0 Å². The van der Waals surface area contributed by atoms with Crippen molar-refractivity contribution in [3.63, 3.8) is 0 Å². The Morgan fingerprint density at radius 2 is 1.85 bits per heavy atom. The molecule has 2 saturated carbocycles. The van der Waals surface area contributed by atoms with E-state index in [9.17, 15) is 4.79 Å². The summed E-state index contributed by atoms with van der Waals surface area (Å²) in [6.45, 7) is 2.31. The second-order valence-corrected chi connectivity index (χ2v) is 7.08. The Balaban J connectivity index is 0.00000147. The third-order valence-electron chi connectivity index (χ3n) is 5.46. The van der Waals surface area contributed by atoms with Gasteiger partial charge in [-0.25, -0.2) is 0 Å². The van der Waals surface area contributed by atoms with Crippen molar-refractivity contribution in [2.45, 2.75) is 82.8 Å². The Labute approximate surface area is 129 Å². The van der Waals surface area contributed by atoms with E-state index in [2.05, 4.69) is 17.6 Å². The molecule has 20 heavy (non-hydrogen) atoms. The van der Waals surface area contributed by atoms with E-state index in [0.29, 0.717) is 12.1 Å². The largest absolute Gasteiger partial charge is 0.352 e. The van der Waals surface area contributed by atoms with Gasteiger partial charge >= 0.3 is 0 Å². The minimum atomic E-state index is 0. The molecule has 3 rings (SSSR count). The van der Waals surface area contributed by atoms with Crippen molar-refractivity contribution in [1.29, 1.82) is 0 Å². The van der Waals surface area contributed by atoms with E-state index in [1.807, 2.05) is 0 Å². The van der Waals surface area contributed by atoms with Crippen molar-refractivity contribution in [1.82, 2.24) is 10.6 Å². The lowest BCUT2D eigenvalue weighted by Gasteiger charge is -2.28. The smallest absolute Gasteiger partial charge is 0.237 e. The maximum Gasteiger partial charge on any atom is 0.237 e. The first-order chi connectivity index (χ1) is 9.22. The third kappa shape index (κ3) is 3.67. The fraction of sp³-hybridized carbons (Fsp3) is 0.938. The van der Waals surface area contributed by atoms with Crippen LogP contribution in [0.3, 0.4) is 0 Å². The molecule has 3 aliphatic rings. The Kier molecular flexibility index (Phi) is 5.74. The summed E-state index contributed by atoms with van der Waals surface area (Å²) < 4.78 is 0. The van der Waals surface area contributed by atoms with Gasteiger partial charge in [0, 0.05) is 12.1 Å². The first kappa shape index (κ1) is 16.1. The first-order valence-corrected chi connectivity index (χ1v) is 8.29. The summed E-state index contributed by atoms with van der Waals surface area (Å²) in [6, 6.07) is 1.14. The van der Waals surface area contributed by atoms with E-state index >= 15 is 0 Å². The summed E-state index contributed by atoms with van der Waals surface area (Å²) in [6.07, 6.45) is 11.3. The molecule has 1 aliphatic heterocycles. The molecule has 0 aromatic heterocycles. The van der Waals surface area contributed by atoms with Gasteiger partial charge in [-0.05, 0) is 43.9 Å². The van der Waals surface area contributed by atoms with Crippen LogP contribution in [0.5, 0.6) is 0 Å². The molecule has 0 aromatic carbocycles. The zero-order valence-electron chi connectivity index (χ0n) is 12.6. The Morgan fingerprint density at radius 3 is 2.60 bits per heavy atom. The average molecular weight is 301 g/mol. The molecule has 0 aromatic rings. The van der Waals surface area contributed by atoms with Crippen LogP contribution in [0.4, 0.5) is 0 Å². The summed E-state index contributed by atoms with van der Waals surface area (Å²) in [7, 11) is 0. The third-order valence-corrected chi connectivity index (χ3v) is 5.46. The van der Waals surface area contributed by atoms with Crippen LogP contribution in [-0.4, -0.2) is 24.0 Å². The van der Waals surface area contributed by atoms with Crippen LogP contribution >= 0.6 is 12.4 Å². The van der Waals surface area contributed by atoms with Gasteiger partial charge in [0.05, 0.1) is 6.04 Å². The highest BCUT2D eigenvalue weighted by atomic mass is 35.5. The van der Waals surface area contributed by atoms with Gasteiger partial charge < -0.3 is 10.6 Å². The Hall–Kier alpha value is -0.280. The molecular formula is C16H29ClN2O. The van der Waals surface area contributed by atoms with Crippen LogP contribution in [-0.2, 0) is 4.79 Å². The predicted octanol–water partition coefficient (Wildman–Crippen LogP) is 3.02. The van der Waals surface area contributed by atoms with Crippen LogP contribution in [0.1, 0.15) is 64.7 Å². The van der Waals surface area contributed by atoms with E-state index in [-0.39, 0.29) is 24.4 Å². The lowest BCUT2D eigenvalue weighted by atomic mass is 9.85. The van der Waals surface area contributed by atoms with E-state index < -0.39 is 0 Å². The number of carbonyl (C=O) groups is 1. The molecule has 116 valence electrons. The minimum Gasteiger partial charge on any atom is -0.352 e. The van der Waals surface area contributed by atoms with Crippen LogP contribution in [0.25, 0.3) is 0 Å². The summed E-state index contributed by atoms with van der Waals surface area (Å²) in [4.78, 5) is 12.4. The average Bonchev–Trinajstić information content (AvgIpc) is 2.82. The van der Waals surface area contributed by atoms with Gasteiger partial charge in [0.1, 0.15) is 0 Å². The number of nitrogens with one attached hydrogen (secondary N) is 2. The number of rotatable bonds is 2. The number of amides is 1. The Bertz CT molecular complexity index is 322. The van der Waals surface area contributed by atoms with Crippen LogP contribution in [0.2, 0.25) is 0 Å². The fourth-order valence-electron chi connectivity index (χ4n) is 4.39. The number of hydrogen-bond acceptors (Lipinski definition) is 2. The normalized spacial score (nSPS) is 40.5. The van der Waals surface area contributed by atoms with Gasteiger partial charge in [0.15, 0.2) is 0 Å². The maximum atomic E-state index is 12.4. The zero-order chi connectivity index (χ0) is 13.2. The summed E-state index contributed by atoms with van der Waals surface area (Å²) in [5.41, 5.74) is 0. The molecule has 1 saturated heterocycles. The van der Waals surface area contributed by atoms with Crippen LogP contribution < -0.4 is 10.6 Å². The molecule has 1 amide bonds. The van der Waals surface area contributed by atoms with Gasteiger partial charge in [0.25, 0.3) is 0 Å². The summed E-state index contributed by atoms with van der Waals surface area (Å²) in [5, 5.41) is 6.88. The van der Waals surface area contributed by atoms with Crippen molar-refractivity contribution in [2.75, 3.05) is 0 Å².